The zero-order chi connectivity index (χ0) is 16.8. The van der Waals surface area contributed by atoms with Crippen molar-refractivity contribution in [2.24, 2.45) is 5.84 Å². The summed E-state index contributed by atoms with van der Waals surface area (Å²) < 4.78 is 11.1. The van der Waals surface area contributed by atoms with Crippen LogP contribution in [0.15, 0.2) is 48.5 Å². The van der Waals surface area contributed by atoms with Crippen LogP contribution >= 0.6 is 0 Å². The van der Waals surface area contributed by atoms with Gasteiger partial charge in [-0.15, -0.1) is 0 Å². The number of carbonyl (C=O) groups is 1. The number of nitrogens with two attached hydrogens (primary N) is 1. The molecule has 5 heteroatoms. The Morgan fingerprint density at radius 1 is 1.13 bits per heavy atom. The number of hydrogen-bond donors (Lipinski definition) is 1. The average Bonchev–Trinajstić information content (AvgIpc) is 2.59. The molecule has 2 aromatic carbocycles. The van der Waals surface area contributed by atoms with Crippen molar-refractivity contribution in [1.29, 1.82) is 0 Å². The number of benzene rings is 2. The smallest absolute Gasteiger partial charge is 0.268 e. The molecular formula is C18H22N2O3. The fourth-order valence-electron chi connectivity index (χ4n) is 2.04. The van der Waals surface area contributed by atoms with Gasteiger partial charge in [-0.05, 0) is 37.6 Å². The maximum absolute atomic E-state index is 12.2. The normalized spacial score (nSPS) is 10.5. The Hall–Kier alpha value is -2.53. The summed E-state index contributed by atoms with van der Waals surface area (Å²) in [6.07, 6.45) is 0. The number of hydrogen-bond acceptors (Lipinski definition) is 4. The predicted octanol–water partition coefficient (Wildman–Crippen LogP) is 3.00. The van der Waals surface area contributed by atoms with Gasteiger partial charge >= 0.3 is 0 Å². The Morgan fingerprint density at radius 2 is 1.83 bits per heavy atom. The standard InChI is InChI=1S/C18H22N2O3/c1-13(2)20(19)18(21)15-9-10-16(17(11-15)22-3)23-12-14-7-5-4-6-8-14/h4-11,13H,12,19H2,1-3H3. The Labute approximate surface area is 136 Å². The number of ether oxygens (including phenoxy) is 2. The van der Waals surface area contributed by atoms with Crippen molar-refractivity contribution in [3.8, 4) is 11.5 Å². The minimum absolute atomic E-state index is 0.0810. The molecule has 0 spiro atoms. The molecule has 5 nitrogen and oxygen atoms in total. The highest BCUT2D eigenvalue weighted by atomic mass is 16.5. The van der Waals surface area contributed by atoms with Crippen LogP contribution in [0.3, 0.4) is 0 Å². The van der Waals surface area contributed by atoms with E-state index in [4.69, 9.17) is 15.3 Å². The average molecular weight is 314 g/mol. The second-order valence-electron chi connectivity index (χ2n) is 5.45. The first-order valence-corrected chi connectivity index (χ1v) is 7.46. The largest absolute Gasteiger partial charge is 0.493 e. The van der Waals surface area contributed by atoms with Gasteiger partial charge in [0.05, 0.1) is 7.11 Å². The van der Waals surface area contributed by atoms with Crippen molar-refractivity contribution in [3.05, 3.63) is 59.7 Å². The molecule has 1 amide bonds. The molecule has 0 heterocycles. The minimum atomic E-state index is -0.257. The van der Waals surface area contributed by atoms with E-state index in [1.165, 1.54) is 5.01 Å². The number of methoxy groups -OCH3 is 1. The molecule has 0 unspecified atom stereocenters. The van der Waals surface area contributed by atoms with E-state index in [2.05, 4.69) is 0 Å². The van der Waals surface area contributed by atoms with Crippen molar-refractivity contribution in [3.63, 3.8) is 0 Å². The second kappa shape index (κ2) is 7.65. The van der Waals surface area contributed by atoms with E-state index < -0.39 is 0 Å². The maximum Gasteiger partial charge on any atom is 0.268 e. The van der Waals surface area contributed by atoms with Crippen molar-refractivity contribution >= 4 is 5.91 Å². The molecule has 0 radical (unpaired) electrons. The molecule has 0 aromatic heterocycles. The summed E-state index contributed by atoms with van der Waals surface area (Å²) in [6, 6.07) is 14.8. The van der Waals surface area contributed by atoms with E-state index in [1.54, 1.807) is 25.3 Å². The van der Waals surface area contributed by atoms with Gasteiger partial charge in [0.1, 0.15) is 6.61 Å². The molecule has 0 aliphatic heterocycles. The van der Waals surface area contributed by atoms with Crippen LogP contribution in [0.25, 0.3) is 0 Å². The number of amides is 1. The third kappa shape index (κ3) is 4.23. The zero-order valence-electron chi connectivity index (χ0n) is 13.7. The number of carbonyl (C=O) groups excluding carboxylic acids is 1. The lowest BCUT2D eigenvalue weighted by Crippen LogP contribution is -2.42. The third-order valence-corrected chi connectivity index (χ3v) is 3.44. The first kappa shape index (κ1) is 16.8. The monoisotopic (exact) mass is 314 g/mol. The molecule has 122 valence electrons. The number of nitrogens with zero attached hydrogens (tertiary/aromatic N) is 1. The van der Waals surface area contributed by atoms with Crippen LogP contribution in [0.4, 0.5) is 0 Å². The predicted molar refractivity (Wildman–Crippen MR) is 89.3 cm³/mol. The SMILES string of the molecule is COc1cc(C(=O)N(N)C(C)C)ccc1OCc1ccccc1. The van der Waals surface area contributed by atoms with Crippen molar-refractivity contribution in [2.75, 3.05) is 7.11 Å². The quantitative estimate of drug-likeness (QED) is 0.506. The van der Waals surface area contributed by atoms with E-state index >= 15 is 0 Å². The van der Waals surface area contributed by atoms with E-state index in [9.17, 15) is 4.79 Å². The highest BCUT2D eigenvalue weighted by Gasteiger charge is 2.17. The highest BCUT2D eigenvalue weighted by molar-refractivity contribution is 5.94. The molecule has 0 aliphatic carbocycles. The summed E-state index contributed by atoms with van der Waals surface area (Å²) in [4.78, 5) is 12.2. The van der Waals surface area contributed by atoms with E-state index in [0.717, 1.165) is 5.56 Å². The van der Waals surface area contributed by atoms with Gasteiger partial charge in [0.15, 0.2) is 11.5 Å². The Balaban J connectivity index is 2.15. The van der Waals surface area contributed by atoms with E-state index in [1.807, 2.05) is 44.2 Å². The molecule has 0 bridgehead atoms. The minimum Gasteiger partial charge on any atom is -0.493 e. The lowest BCUT2D eigenvalue weighted by molar-refractivity contribution is 0.0705. The van der Waals surface area contributed by atoms with Gasteiger partial charge in [0.2, 0.25) is 0 Å². The zero-order valence-corrected chi connectivity index (χ0v) is 13.7. The maximum atomic E-state index is 12.2. The fourth-order valence-corrected chi connectivity index (χ4v) is 2.04. The third-order valence-electron chi connectivity index (χ3n) is 3.44. The molecule has 0 atom stereocenters. The van der Waals surface area contributed by atoms with Gasteiger partial charge in [0, 0.05) is 11.6 Å². The lowest BCUT2D eigenvalue weighted by atomic mass is 10.1. The van der Waals surface area contributed by atoms with Crippen LogP contribution in [0.2, 0.25) is 0 Å². The Kier molecular flexibility index (Phi) is 5.60. The molecule has 23 heavy (non-hydrogen) atoms. The van der Waals surface area contributed by atoms with Crippen LogP contribution in [0.1, 0.15) is 29.8 Å². The second-order valence-corrected chi connectivity index (χ2v) is 5.45. The molecule has 2 rings (SSSR count). The summed E-state index contributed by atoms with van der Waals surface area (Å²) in [5.74, 6) is 6.60. The molecule has 2 aromatic rings. The van der Waals surface area contributed by atoms with E-state index in [0.29, 0.717) is 23.7 Å². The van der Waals surface area contributed by atoms with Crippen LogP contribution in [-0.2, 0) is 6.61 Å². The molecular weight excluding hydrogens is 292 g/mol. The lowest BCUT2D eigenvalue weighted by Gasteiger charge is -2.21. The topological polar surface area (TPSA) is 64.8 Å². The number of hydrazine groups is 1. The van der Waals surface area contributed by atoms with Crippen LogP contribution in [0, 0.1) is 0 Å². The Morgan fingerprint density at radius 3 is 2.43 bits per heavy atom. The summed E-state index contributed by atoms with van der Waals surface area (Å²) in [5.41, 5.74) is 1.52. The van der Waals surface area contributed by atoms with Gasteiger partial charge in [-0.1, -0.05) is 30.3 Å². The van der Waals surface area contributed by atoms with Gasteiger partial charge in [0.25, 0.3) is 5.91 Å². The van der Waals surface area contributed by atoms with Crippen LogP contribution < -0.4 is 15.3 Å². The van der Waals surface area contributed by atoms with Crippen molar-refractivity contribution in [1.82, 2.24) is 5.01 Å². The van der Waals surface area contributed by atoms with E-state index in [-0.39, 0.29) is 11.9 Å². The first-order valence-electron chi connectivity index (χ1n) is 7.46. The molecule has 0 saturated carbocycles. The molecule has 0 saturated heterocycles. The summed E-state index contributed by atoms with van der Waals surface area (Å²) in [5, 5.41) is 1.19. The summed E-state index contributed by atoms with van der Waals surface area (Å²) >= 11 is 0. The molecule has 0 aliphatic rings. The van der Waals surface area contributed by atoms with Gasteiger partial charge in [-0.2, -0.15) is 0 Å². The Bertz CT molecular complexity index is 657. The number of rotatable bonds is 6. The summed E-state index contributed by atoms with van der Waals surface area (Å²) in [7, 11) is 1.54. The van der Waals surface area contributed by atoms with Gasteiger partial charge < -0.3 is 9.47 Å². The first-order chi connectivity index (χ1) is 11.0. The van der Waals surface area contributed by atoms with Crippen LogP contribution in [-0.4, -0.2) is 24.1 Å². The molecule has 0 fully saturated rings. The van der Waals surface area contributed by atoms with Crippen LogP contribution in [0.5, 0.6) is 11.5 Å². The van der Waals surface area contributed by atoms with Crippen molar-refractivity contribution < 1.29 is 14.3 Å². The van der Waals surface area contributed by atoms with Gasteiger partial charge in [-0.3, -0.25) is 9.80 Å². The van der Waals surface area contributed by atoms with Crippen molar-refractivity contribution in [2.45, 2.75) is 26.5 Å². The van der Waals surface area contributed by atoms with Gasteiger partial charge in [-0.25, -0.2) is 5.84 Å². The summed E-state index contributed by atoms with van der Waals surface area (Å²) in [6.45, 7) is 4.14. The molecule has 2 N–H and O–H groups in total. The fraction of sp³-hybridized carbons (Fsp3) is 0.278. The highest BCUT2D eigenvalue weighted by Crippen LogP contribution is 2.29.